The number of esters is 1. The first-order valence-corrected chi connectivity index (χ1v) is 34.7. The van der Waals surface area contributed by atoms with Gasteiger partial charge in [0, 0.05) is 12.8 Å². The maximum atomic E-state index is 12.5. The molecule has 0 aliphatic heterocycles. The van der Waals surface area contributed by atoms with Crippen molar-refractivity contribution < 1.29 is 24.5 Å². The van der Waals surface area contributed by atoms with Crippen LogP contribution in [0.3, 0.4) is 0 Å². The Morgan fingerprint density at radius 1 is 0.364 bits per heavy atom. The molecule has 77 heavy (non-hydrogen) atoms. The maximum Gasteiger partial charge on any atom is 0.305 e. The highest BCUT2D eigenvalue weighted by Gasteiger charge is 2.20. The highest BCUT2D eigenvalue weighted by atomic mass is 16.5. The average Bonchev–Trinajstić information content (AvgIpc) is 3.43. The second kappa shape index (κ2) is 66.6. The molecule has 2 unspecified atom stereocenters. The molecular weight excluding hydrogens is 947 g/mol. The van der Waals surface area contributed by atoms with Gasteiger partial charge >= 0.3 is 5.97 Å². The molecule has 0 aromatic heterocycles. The second-order valence-corrected chi connectivity index (χ2v) is 23.9. The summed E-state index contributed by atoms with van der Waals surface area (Å²) < 4.78 is 5.43. The van der Waals surface area contributed by atoms with Crippen molar-refractivity contribution >= 4 is 11.9 Å². The lowest BCUT2D eigenvalue weighted by molar-refractivity contribution is -0.143. The average molecular weight is 1080 g/mol. The van der Waals surface area contributed by atoms with Crippen LogP contribution in [-0.2, 0) is 14.3 Å². The van der Waals surface area contributed by atoms with E-state index in [9.17, 15) is 19.8 Å². The van der Waals surface area contributed by atoms with Crippen LogP contribution in [0, 0.1) is 0 Å². The largest absolute Gasteiger partial charge is 0.465 e. The molecular formula is C71H135NO5. The molecule has 0 spiro atoms. The summed E-state index contributed by atoms with van der Waals surface area (Å²) in [4.78, 5) is 24.6. The van der Waals surface area contributed by atoms with Crippen LogP contribution in [0.15, 0.2) is 36.5 Å². The van der Waals surface area contributed by atoms with E-state index in [0.717, 1.165) is 51.4 Å². The number of hydrogen-bond donors (Lipinski definition) is 3. The molecule has 0 radical (unpaired) electrons. The van der Waals surface area contributed by atoms with Gasteiger partial charge in [0.25, 0.3) is 0 Å². The van der Waals surface area contributed by atoms with Crippen LogP contribution >= 0.6 is 0 Å². The molecule has 6 nitrogen and oxygen atoms in total. The summed E-state index contributed by atoms with van der Waals surface area (Å²) in [6, 6.07) is -0.547. The van der Waals surface area contributed by atoms with Crippen molar-refractivity contribution in [1.29, 1.82) is 0 Å². The number of unbranched alkanes of at least 4 members (excludes halogenated alkanes) is 48. The Kier molecular flexibility index (Phi) is 64.9. The number of amides is 1. The molecule has 0 aliphatic carbocycles. The fraction of sp³-hybridized carbons (Fsp3) is 0.887. The number of aliphatic hydroxyl groups is 2. The second-order valence-electron chi connectivity index (χ2n) is 23.9. The fourth-order valence-corrected chi connectivity index (χ4v) is 10.9. The molecule has 0 aromatic carbocycles. The number of nitrogens with one attached hydrogen (secondary N) is 1. The van der Waals surface area contributed by atoms with Gasteiger partial charge < -0.3 is 20.3 Å². The molecule has 0 heterocycles. The molecule has 0 aliphatic rings. The van der Waals surface area contributed by atoms with Crippen molar-refractivity contribution in [2.45, 2.75) is 392 Å². The van der Waals surface area contributed by atoms with Crippen LogP contribution in [0.2, 0.25) is 0 Å². The molecule has 3 N–H and O–H groups in total. The fourth-order valence-electron chi connectivity index (χ4n) is 10.9. The summed E-state index contributed by atoms with van der Waals surface area (Å²) in [7, 11) is 0. The van der Waals surface area contributed by atoms with Crippen LogP contribution in [-0.4, -0.2) is 47.4 Å². The van der Waals surface area contributed by atoms with Gasteiger partial charge in [-0.05, 0) is 70.6 Å². The standard InChI is InChI=1S/C71H135NO5/c1-3-5-7-9-11-13-15-17-19-21-22-23-25-28-32-35-39-43-47-51-55-59-63-69(74)68(67-73)72-70(75)64-60-56-52-48-44-40-36-33-29-26-24-27-30-34-38-42-46-50-54-58-62-66-77-71(76)65-61-57-53-49-45-41-37-31-20-18-16-14-12-10-8-6-4-2/h18,20,42,46,54,58,68-69,73-74H,3-17,19,21-41,43-45,47-53,55-57,59-67H2,1-2H3,(H,72,75)/b20-18-,46-42-,58-54-. The minimum atomic E-state index is -0.670. The van der Waals surface area contributed by atoms with Gasteiger partial charge in [-0.15, -0.1) is 0 Å². The monoisotopic (exact) mass is 1080 g/mol. The van der Waals surface area contributed by atoms with Crippen LogP contribution in [0.25, 0.3) is 0 Å². The summed E-state index contributed by atoms with van der Waals surface area (Å²) in [5.41, 5.74) is 0. The zero-order valence-corrected chi connectivity index (χ0v) is 52.0. The Hall–Kier alpha value is -1.92. The Morgan fingerprint density at radius 3 is 1.00 bits per heavy atom. The lowest BCUT2D eigenvalue weighted by Crippen LogP contribution is -2.45. The Balaban J connectivity index is 3.44. The first-order valence-electron chi connectivity index (χ1n) is 34.7. The van der Waals surface area contributed by atoms with E-state index in [1.165, 1.54) is 295 Å². The van der Waals surface area contributed by atoms with E-state index in [-0.39, 0.29) is 18.5 Å². The normalized spacial score (nSPS) is 12.7. The maximum absolute atomic E-state index is 12.5. The van der Waals surface area contributed by atoms with Crippen molar-refractivity contribution in [3.8, 4) is 0 Å². The van der Waals surface area contributed by atoms with Crippen molar-refractivity contribution in [3.63, 3.8) is 0 Å². The number of hydrogen-bond acceptors (Lipinski definition) is 5. The van der Waals surface area contributed by atoms with Crippen LogP contribution in [0.1, 0.15) is 380 Å². The summed E-state index contributed by atoms with van der Waals surface area (Å²) in [5.74, 6) is -0.0738. The van der Waals surface area contributed by atoms with Gasteiger partial charge in [-0.25, -0.2) is 0 Å². The van der Waals surface area contributed by atoms with Crippen molar-refractivity contribution in [3.05, 3.63) is 36.5 Å². The Labute approximate surface area is 481 Å². The lowest BCUT2D eigenvalue weighted by Gasteiger charge is -2.22. The van der Waals surface area contributed by atoms with Gasteiger partial charge in [-0.3, -0.25) is 9.59 Å². The Morgan fingerprint density at radius 2 is 0.649 bits per heavy atom. The minimum absolute atomic E-state index is 0.0360. The van der Waals surface area contributed by atoms with E-state index in [1.807, 2.05) is 0 Å². The minimum Gasteiger partial charge on any atom is -0.465 e. The van der Waals surface area contributed by atoms with Crippen LogP contribution in [0.4, 0.5) is 0 Å². The van der Waals surface area contributed by atoms with E-state index in [1.54, 1.807) is 0 Å². The summed E-state index contributed by atoms with van der Waals surface area (Å²) in [6.45, 7) is 4.87. The quantitative estimate of drug-likeness (QED) is 0.0320. The van der Waals surface area contributed by atoms with Crippen molar-refractivity contribution in [2.24, 2.45) is 0 Å². The molecule has 2 atom stereocenters. The number of aliphatic hydroxyl groups excluding tert-OH is 2. The van der Waals surface area contributed by atoms with Gasteiger partial charge in [0.15, 0.2) is 0 Å². The van der Waals surface area contributed by atoms with Gasteiger partial charge in [0.05, 0.1) is 25.4 Å². The molecule has 0 saturated heterocycles. The number of allylic oxidation sites excluding steroid dienone is 5. The summed E-state index contributed by atoms with van der Waals surface area (Å²) >= 11 is 0. The number of ether oxygens (including phenoxy) is 1. The van der Waals surface area contributed by atoms with Gasteiger partial charge in [-0.2, -0.15) is 0 Å². The molecule has 0 fully saturated rings. The number of carbonyl (C=O) groups is 2. The molecule has 0 bridgehead atoms. The molecule has 454 valence electrons. The van der Waals surface area contributed by atoms with E-state index in [2.05, 4.69) is 55.6 Å². The van der Waals surface area contributed by atoms with Crippen molar-refractivity contribution in [2.75, 3.05) is 13.2 Å². The zero-order valence-electron chi connectivity index (χ0n) is 52.0. The third-order valence-corrected chi connectivity index (χ3v) is 16.2. The van der Waals surface area contributed by atoms with E-state index in [4.69, 9.17) is 4.74 Å². The van der Waals surface area contributed by atoms with Crippen LogP contribution in [0.5, 0.6) is 0 Å². The summed E-state index contributed by atoms with van der Waals surface area (Å²) in [6.07, 6.45) is 84.8. The molecule has 6 heteroatoms. The number of carbonyl (C=O) groups excluding carboxylic acids is 2. The van der Waals surface area contributed by atoms with Crippen molar-refractivity contribution in [1.82, 2.24) is 5.32 Å². The predicted octanol–water partition coefficient (Wildman–Crippen LogP) is 22.3. The van der Waals surface area contributed by atoms with Gasteiger partial charge in [0.2, 0.25) is 5.91 Å². The topological polar surface area (TPSA) is 95.9 Å². The molecule has 0 saturated carbocycles. The van der Waals surface area contributed by atoms with E-state index >= 15 is 0 Å². The van der Waals surface area contributed by atoms with E-state index in [0.29, 0.717) is 25.9 Å². The van der Waals surface area contributed by atoms with Gasteiger partial charge in [0.1, 0.15) is 0 Å². The first kappa shape index (κ1) is 75.1. The predicted molar refractivity (Wildman–Crippen MR) is 338 cm³/mol. The van der Waals surface area contributed by atoms with Gasteiger partial charge in [-0.1, -0.05) is 333 Å². The third kappa shape index (κ3) is 63.1. The smallest absolute Gasteiger partial charge is 0.305 e. The molecule has 1 amide bonds. The van der Waals surface area contributed by atoms with Crippen LogP contribution < -0.4 is 5.32 Å². The SMILES string of the molecule is CCCCCCCC/C=C\CCCCCCCCCC(=O)OCC/C=C\C/C=C\CCCCCCCCCCCCCCCCC(=O)NC(CO)C(O)CCCCCCCCCCCCCCCCCCCCCCCC. The zero-order chi connectivity index (χ0) is 55.7. The first-order chi connectivity index (χ1) is 38.0. The number of rotatable bonds is 65. The summed E-state index contributed by atoms with van der Waals surface area (Å²) in [5, 5.41) is 23.4. The molecule has 0 aromatic rings. The highest BCUT2D eigenvalue weighted by molar-refractivity contribution is 5.76. The Bertz CT molecular complexity index is 1250. The lowest BCUT2D eigenvalue weighted by atomic mass is 10.0. The third-order valence-electron chi connectivity index (χ3n) is 16.2. The van der Waals surface area contributed by atoms with E-state index < -0.39 is 12.1 Å². The molecule has 0 rings (SSSR count). The highest BCUT2D eigenvalue weighted by Crippen LogP contribution is 2.19.